The molecule has 5 nitrogen and oxygen atoms in total. The standard InChI is InChI=1S/C17H17ClN4O/c1-11(22-8-6-19-10-22)17(23)21-7-5-15-13(9-21)12-3-2-4-14(18)16(12)20-15/h2-4,6,8,10-11,20H,5,7,9H2,1H3/t11-/m0/s1. The van der Waals surface area contributed by atoms with E-state index in [1.165, 1.54) is 11.3 Å². The van der Waals surface area contributed by atoms with E-state index >= 15 is 0 Å². The number of carbonyl (C=O) groups excluding carboxylic acids is 1. The number of imidazole rings is 1. The Bertz CT molecular complexity index is 868. The molecule has 23 heavy (non-hydrogen) atoms. The van der Waals surface area contributed by atoms with Crippen LogP contribution in [0.25, 0.3) is 10.9 Å². The number of fused-ring (bicyclic) bond motifs is 3. The van der Waals surface area contributed by atoms with Crippen LogP contribution in [0.5, 0.6) is 0 Å². The fourth-order valence-corrected chi connectivity index (χ4v) is 3.50. The molecule has 2 aromatic heterocycles. The first kappa shape index (κ1) is 14.3. The second kappa shape index (κ2) is 5.42. The highest BCUT2D eigenvalue weighted by Crippen LogP contribution is 2.32. The SMILES string of the molecule is C[C@@H](C(=O)N1CCc2[nH]c3c(Cl)cccc3c2C1)n1ccnc1. The molecule has 1 atom stereocenters. The highest BCUT2D eigenvalue weighted by atomic mass is 35.5. The highest BCUT2D eigenvalue weighted by molar-refractivity contribution is 6.35. The molecular formula is C17H17ClN4O. The molecule has 0 radical (unpaired) electrons. The number of carbonyl (C=O) groups is 1. The van der Waals surface area contributed by atoms with Crippen molar-refractivity contribution in [3.8, 4) is 0 Å². The maximum Gasteiger partial charge on any atom is 0.245 e. The minimum atomic E-state index is -0.243. The number of halogens is 1. The zero-order valence-corrected chi connectivity index (χ0v) is 13.5. The molecule has 0 spiro atoms. The van der Waals surface area contributed by atoms with Crippen molar-refractivity contribution in [1.82, 2.24) is 19.4 Å². The van der Waals surface area contributed by atoms with E-state index in [4.69, 9.17) is 11.6 Å². The number of rotatable bonds is 2. The number of hydrogen-bond acceptors (Lipinski definition) is 2. The second-order valence-electron chi connectivity index (χ2n) is 5.94. The van der Waals surface area contributed by atoms with Gasteiger partial charge in [-0.1, -0.05) is 23.7 Å². The zero-order valence-electron chi connectivity index (χ0n) is 12.8. The summed E-state index contributed by atoms with van der Waals surface area (Å²) >= 11 is 6.27. The summed E-state index contributed by atoms with van der Waals surface area (Å²) in [5.74, 6) is 0.116. The van der Waals surface area contributed by atoms with Gasteiger partial charge in [0.15, 0.2) is 0 Å². The minimum Gasteiger partial charge on any atom is -0.357 e. The number of para-hydroxylation sites is 1. The van der Waals surface area contributed by atoms with Gasteiger partial charge >= 0.3 is 0 Å². The molecule has 1 N–H and O–H groups in total. The maximum absolute atomic E-state index is 12.8. The largest absolute Gasteiger partial charge is 0.357 e. The molecule has 1 amide bonds. The van der Waals surface area contributed by atoms with E-state index in [0.717, 1.165) is 28.9 Å². The third-order valence-electron chi connectivity index (χ3n) is 4.60. The van der Waals surface area contributed by atoms with Crippen LogP contribution in [0.4, 0.5) is 0 Å². The Hall–Kier alpha value is -2.27. The van der Waals surface area contributed by atoms with Crippen LogP contribution >= 0.6 is 11.6 Å². The van der Waals surface area contributed by atoms with Crippen molar-refractivity contribution in [1.29, 1.82) is 0 Å². The molecule has 0 saturated carbocycles. The summed E-state index contributed by atoms with van der Waals surface area (Å²) in [7, 11) is 0. The molecule has 118 valence electrons. The van der Waals surface area contributed by atoms with Gasteiger partial charge in [-0.05, 0) is 13.0 Å². The molecule has 0 bridgehead atoms. The van der Waals surface area contributed by atoms with Gasteiger partial charge in [-0.15, -0.1) is 0 Å². The minimum absolute atomic E-state index is 0.116. The van der Waals surface area contributed by atoms with E-state index in [0.29, 0.717) is 6.54 Å². The molecule has 1 aromatic carbocycles. The molecule has 0 fully saturated rings. The summed E-state index contributed by atoms with van der Waals surface area (Å²) in [6.45, 7) is 3.24. The quantitative estimate of drug-likeness (QED) is 0.785. The number of aromatic nitrogens is 3. The number of nitrogens with one attached hydrogen (secondary N) is 1. The van der Waals surface area contributed by atoms with Crippen LogP contribution in [0.2, 0.25) is 5.02 Å². The third kappa shape index (κ3) is 2.32. The Morgan fingerprint density at radius 2 is 2.30 bits per heavy atom. The molecule has 4 rings (SSSR count). The summed E-state index contributed by atoms with van der Waals surface area (Å²) in [6.07, 6.45) is 6.02. The number of nitrogens with zero attached hydrogens (tertiary/aromatic N) is 3. The van der Waals surface area contributed by atoms with Crippen molar-refractivity contribution < 1.29 is 4.79 Å². The summed E-state index contributed by atoms with van der Waals surface area (Å²) < 4.78 is 1.84. The Labute approximate surface area is 138 Å². The Morgan fingerprint density at radius 1 is 1.43 bits per heavy atom. The summed E-state index contributed by atoms with van der Waals surface area (Å²) in [5.41, 5.74) is 3.34. The van der Waals surface area contributed by atoms with Crippen LogP contribution in [-0.2, 0) is 17.8 Å². The van der Waals surface area contributed by atoms with Gasteiger partial charge in [-0.25, -0.2) is 4.98 Å². The van der Waals surface area contributed by atoms with Gasteiger partial charge in [0.05, 0.1) is 16.9 Å². The van der Waals surface area contributed by atoms with E-state index in [1.807, 2.05) is 34.7 Å². The summed E-state index contributed by atoms with van der Waals surface area (Å²) in [6, 6.07) is 5.65. The number of hydrogen-bond donors (Lipinski definition) is 1. The van der Waals surface area contributed by atoms with E-state index in [2.05, 4.69) is 16.0 Å². The van der Waals surface area contributed by atoms with Crippen molar-refractivity contribution in [2.75, 3.05) is 6.54 Å². The van der Waals surface area contributed by atoms with Gasteiger partial charge in [0.1, 0.15) is 6.04 Å². The molecule has 0 aliphatic carbocycles. The molecule has 0 unspecified atom stereocenters. The predicted octanol–water partition coefficient (Wildman–Crippen LogP) is 3.16. The fourth-order valence-electron chi connectivity index (χ4n) is 3.28. The van der Waals surface area contributed by atoms with E-state index in [-0.39, 0.29) is 11.9 Å². The topological polar surface area (TPSA) is 53.9 Å². The monoisotopic (exact) mass is 328 g/mol. The van der Waals surface area contributed by atoms with Crippen molar-refractivity contribution in [3.05, 3.63) is 53.2 Å². The van der Waals surface area contributed by atoms with Gasteiger partial charge in [0, 0.05) is 48.5 Å². The normalized spacial score (nSPS) is 15.7. The second-order valence-corrected chi connectivity index (χ2v) is 6.35. The van der Waals surface area contributed by atoms with E-state index in [9.17, 15) is 4.79 Å². The molecule has 3 heterocycles. The maximum atomic E-state index is 12.8. The van der Waals surface area contributed by atoms with Gasteiger partial charge in [-0.3, -0.25) is 4.79 Å². The molecule has 1 aliphatic rings. The number of H-pyrrole nitrogens is 1. The Kier molecular flexibility index (Phi) is 3.38. The van der Waals surface area contributed by atoms with Crippen LogP contribution in [0, 0.1) is 0 Å². The summed E-state index contributed by atoms with van der Waals surface area (Å²) in [4.78, 5) is 22.1. The molecule has 6 heteroatoms. The predicted molar refractivity (Wildman–Crippen MR) is 89.4 cm³/mol. The fraction of sp³-hybridized carbons (Fsp3) is 0.294. The zero-order chi connectivity index (χ0) is 16.0. The van der Waals surface area contributed by atoms with Crippen LogP contribution in [-0.4, -0.2) is 31.9 Å². The van der Waals surface area contributed by atoms with Crippen LogP contribution in [0.3, 0.4) is 0 Å². The average molecular weight is 329 g/mol. The molecule has 0 saturated heterocycles. The lowest BCUT2D eigenvalue weighted by atomic mass is 10.0. The van der Waals surface area contributed by atoms with Crippen LogP contribution < -0.4 is 0 Å². The number of amides is 1. The molecule has 1 aliphatic heterocycles. The molecule has 3 aromatic rings. The van der Waals surface area contributed by atoms with Gasteiger partial charge in [0.25, 0.3) is 0 Å². The van der Waals surface area contributed by atoms with Crippen molar-refractivity contribution in [2.45, 2.75) is 25.9 Å². The van der Waals surface area contributed by atoms with E-state index < -0.39 is 0 Å². The first-order valence-corrected chi connectivity index (χ1v) is 8.07. The molecular weight excluding hydrogens is 312 g/mol. The number of benzene rings is 1. The van der Waals surface area contributed by atoms with Gasteiger partial charge in [0.2, 0.25) is 5.91 Å². The van der Waals surface area contributed by atoms with Crippen LogP contribution in [0.15, 0.2) is 36.9 Å². The van der Waals surface area contributed by atoms with Crippen molar-refractivity contribution in [2.24, 2.45) is 0 Å². The summed E-state index contributed by atoms with van der Waals surface area (Å²) in [5, 5.41) is 1.84. The first-order chi connectivity index (χ1) is 11.1. The van der Waals surface area contributed by atoms with Gasteiger partial charge < -0.3 is 14.5 Å². The Morgan fingerprint density at radius 3 is 3.09 bits per heavy atom. The highest BCUT2D eigenvalue weighted by Gasteiger charge is 2.27. The smallest absolute Gasteiger partial charge is 0.245 e. The lowest BCUT2D eigenvalue weighted by Crippen LogP contribution is -2.39. The van der Waals surface area contributed by atoms with Gasteiger partial charge in [-0.2, -0.15) is 0 Å². The Balaban J connectivity index is 1.65. The number of aromatic amines is 1. The third-order valence-corrected chi connectivity index (χ3v) is 4.92. The van der Waals surface area contributed by atoms with Crippen molar-refractivity contribution >= 4 is 28.4 Å². The average Bonchev–Trinajstić information content (AvgIpc) is 3.21. The van der Waals surface area contributed by atoms with E-state index in [1.54, 1.807) is 12.5 Å². The lowest BCUT2D eigenvalue weighted by Gasteiger charge is -2.30. The first-order valence-electron chi connectivity index (χ1n) is 7.69. The van der Waals surface area contributed by atoms with Crippen molar-refractivity contribution in [3.63, 3.8) is 0 Å². The van der Waals surface area contributed by atoms with Crippen LogP contribution in [0.1, 0.15) is 24.2 Å². The lowest BCUT2D eigenvalue weighted by molar-refractivity contribution is -0.135.